The second kappa shape index (κ2) is 9.12. The van der Waals surface area contributed by atoms with E-state index in [0.29, 0.717) is 13.2 Å². The minimum Gasteiger partial charge on any atom is -0.492 e. The minimum absolute atomic E-state index is 0.0228. The number of imidazole rings is 1. The zero-order valence-corrected chi connectivity index (χ0v) is 20.8. The number of aromatic nitrogens is 2. The molecule has 2 aliphatic heterocycles. The number of rotatable bonds is 6. The summed E-state index contributed by atoms with van der Waals surface area (Å²) in [6.45, 7) is 6.10. The Morgan fingerprint density at radius 2 is 2.00 bits per heavy atom. The van der Waals surface area contributed by atoms with Gasteiger partial charge in [-0.05, 0) is 85.1 Å². The van der Waals surface area contributed by atoms with E-state index in [-0.39, 0.29) is 17.3 Å². The molecular weight excluding hydrogens is 455 g/mol. The van der Waals surface area contributed by atoms with Crippen molar-refractivity contribution in [2.75, 3.05) is 19.8 Å². The highest BCUT2D eigenvalue weighted by Gasteiger charge is 2.51. The van der Waals surface area contributed by atoms with E-state index < -0.39 is 0 Å². The summed E-state index contributed by atoms with van der Waals surface area (Å²) in [5, 5.41) is 4.51. The van der Waals surface area contributed by atoms with Crippen LogP contribution < -0.4 is 4.74 Å². The fourth-order valence-electron chi connectivity index (χ4n) is 5.36. The van der Waals surface area contributed by atoms with Gasteiger partial charge >= 0.3 is 0 Å². The molecule has 1 aromatic heterocycles. The van der Waals surface area contributed by atoms with Crippen LogP contribution in [0.15, 0.2) is 65.7 Å². The summed E-state index contributed by atoms with van der Waals surface area (Å²) < 4.78 is 21.6. The lowest BCUT2D eigenvalue weighted by Crippen LogP contribution is -2.48. The van der Waals surface area contributed by atoms with E-state index in [2.05, 4.69) is 52.4 Å². The fourth-order valence-corrected chi connectivity index (χ4v) is 5.36. The summed E-state index contributed by atoms with van der Waals surface area (Å²) >= 11 is 0. The third-order valence-electron chi connectivity index (χ3n) is 7.50. The molecule has 186 valence electrons. The van der Waals surface area contributed by atoms with Gasteiger partial charge in [0.15, 0.2) is 5.84 Å². The van der Waals surface area contributed by atoms with Gasteiger partial charge in [0.05, 0.1) is 30.4 Å². The van der Waals surface area contributed by atoms with E-state index in [9.17, 15) is 4.39 Å². The summed E-state index contributed by atoms with van der Waals surface area (Å²) in [6, 6.07) is 13.1. The van der Waals surface area contributed by atoms with Crippen molar-refractivity contribution < 1.29 is 14.0 Å². The van der Waals surface area contributed by atoms with Crippen LogP contribution in [0.25, 0.3) is 11.8 Å². The zero-order valence-electron chi connectivity index (χ0n) is 20.8. The maximum Gasteiger partial charge on any atom is 0.172 e. The van der Waals surface area contributed by atoms with Crippen LogP contribution in [0.1, 0.15) is 56.0 Å². The highest BCUT2D eigenvalue weighted by atomic mass is 19.1. The van der Waals surface area contributed by atoms with Crippen LogP contribution in [0.2, 0.25) is 0 Å². The molecule has 0 amide bonds. The van der Waals surface area contributed by atoms with Crippen LogP contribution >= 0.6 is 0 Å². The number of piperidine rings is 1. The molecule has 1 spiro atoms. The van der Waals surface area contributed by atoms with Gasteiger partial charge in [0.25, 0.3) is 0 Å². The molecule has 1 saturated carbocycles. The fraction of sp³-hybridized carbons (Fsp3) is 0.379. The van der Waals surface area contributed by atoms with E-state index in [0.717, 1.165) is 53.5 Å². The summed E-state index contributed by atoms with van der Waals surface area (Å²) in [7, 11) is 0. The van der Waals surface area contributed by atoms with Gasteiger partial charge in [0.1, 0.15) is 18.2 Å². The Morgan fingerprint density at radius 1 is 1.17 bits per heavy atom. The van der Waals surface area contributed by atoms with Crippen LogP contribution in [-0.4, -0.2) is 40.0 Å². The molecule has 2 fully saturated rings. The number of halogens is 1. The molecule has 7 heteroatoms. The average Bonchev–Trinajstić information content (AvgIpc) is 3.45. The molecule has 3 aromatic rings. The van der Waals surface area contributed by atoms with Crippen LogP contribution in [-0.2, 0) is 11.3 Å². The van der Waals surface area contributed by atoms with Crippen molar-refractivity contribution in [2.45, 2.75) is 45.6 Å². The standard InChI is InChI=1S/C29H31FN4O2/c1-3-24-16-33(19-31-24)25-10-5-20(14-27(25)35-4-2)13-22-15-29(11-12-29)18-34-26(17-36-32-28(22)34)21-6-8-23(30)9-7-21/h5-10,13-14,16,19,26H,3-4,11-12,15,17-18H2,1-2H3/b22-13+. The number of benzene rings is 2. The number of amidine groups is 1. The molecule has 1 saturated heterocycles. The molecule has 6 rings (SSSR count). The summed E-state index contributed by atoms with van der Waals surface area (Å²) in [5.41, 5.74) is 5.61. The van der Waals surface area contributed by atoms with E-state index in [4.69, 9.17) is 9.57 Å². The monoisotopic (exact) mass is 486 g/mol. The number of nitrogens with zero attached hydrogens (tertiary/aromatic N) is 4. The molecule has 3 heterocycles. The van der Waals surface area contributed by atoms with E-state index >= 15 is 0 Å². The number of ether oxygens (including phenoxy) is 1. The van der Waals surface area contributed by atoms with E-state index in [1.807, 2.05) is 30.0 Å². The van der Waals surface area contributed by atoms with Gasteiger partial charge in [-0.2, -0.15) is 0 Å². The first kappa shape index (κ1) is 22.8. The molecule has 0 N–H and O–H groups in total. The van der Waals surface area contributed by atoms with Crippen LogP contribution in [0.4, 0.5) is 4.39 Å². The molecule has 3 aliphatic rings. The number of hydrogen-bond acceptors (Lipinski definition) is 5. The number of oxime groups is 1. The van der Waals surface area contributed by atoms with Gasteiger partial charge in [-0.15, -0.1) is 0 Å². The third-order valence-corrected chi connectivity index (χ3v) is 7.50. The molecule has 1 aliphatic carbocycles. The quantitative estimate of drug-likeness (QED) is 0.434. The Balaban J connectivity index is 1.35. The predicted octanol–water partition coefficient (Wildman–Crippen LogP) is 5.93. The van der Waals surface area contributed by atoms with Crippen molar-refractivity contribution >= 4 is 11.9 Å². The van der Waals surface area contributed by atoms with Gasteiger partial charge in [-0.3, -0.25) is 0 Å². The van der Waals surface area contributed by atoms with Crippen LogP contribution in [0.3, 0.4) is 0 Å². The molecule has 6 nitrogen and oxygen atoms in total. The van der Waals surface area contributed by atoms with Crippen LogP contribution in [0, 0.1) is 11.2 Å². The lowest BCUT2D eigenvalue weighted by Gasteiger charge is -2.43. The van der Waals surface area contributed by atoms with Crippen molar-refractivity contribution in [1.82, 2.24) is 14.5 Å². The summed E-state index contributed by atoms with van der Waals surface area (Å²) in [5.74, 6) is 1.49. The highest BCUT2D eigenvalue weighted by Crippen LogP contribution is 2.55. The van der Waals surface area contributed by atoms with Gasteiger partial charge in [-0.1, -0.05) is 30.3 Å². The number of hydrogen-bond donors (Lipinski definition) is 0. The Labute approximate surface area is 211 Å². The molecule has 36 heavy (non-hydrogen) atoms. The third kappa shape index (κ3) is 4.27. The van der Waals surface area contributed by atoms with Gasteiger partial charge in [0.2, 0.25) is 0 Å². The Kier molecular flexibility index (Phi) is 5.78. The van der Waals surface area contributed by atoms with Gasteiger partial charge in [-0.25, -0.2) is 9.37 Å². The van der Waals surface area contributed by atoms with Gasteiger partial charge in [0, 0.05) is 12.7 Å². The molecule has 1 unspecified atom stereocenters. The van der Waals surface area contributed by atoms with Crippen molar-refractivity contribution in [3.8, 4) is 11.4 Å². The first-order valence-electron chi connectivity index (χ1n) is 12.8. The Morgan fingerprint density at radius 3 is 2.72 bits per heavy atom. The number of aryl methyl sites for hydroxylation is 1. The van der Waals surface area contributed by atoms with E-state index in [1.165, 1.54) is 30.5 Å². The zero-order chi connectivity index (χ0) is 24.7. The molecule has 0 bridgehead atoms. The topological polar surface area (TPSA) is 51.9 Å². The Bertz CT molecular complexity index is 1320. The lowest BCUT2D eigenvalue weighted by atomic mass is 9.87. The second-order valence-electron chi connectivity index (χ2n) is 10.0. The average molecular weight is 487 g/mol. The molecule has 1 atom stereocenters. The second-order valence-corrected chi connectivity index (χ2v) is 10.0. The van der Waals surface area contributed by atoms with Crippen molar-refractivity contribution in [2.24, 2.45) is 10.6 Å². The highest BCUT2D eigenvalue weighted by molar-refractivity contribution is 6.03. The minimum atomic E-state index is -0.225. The van der Waals surface area contributed by atoms with Crippen molar-refractivity contribution in [3.63, 3.8) is 0 Å². The normalized spacial score (nSPS) is 21.2. The van der Waals surface area contributed by atoms with Crippen molar-refractivity contribution in [3.05, 3.63) is 83.2 Å². The molecule has 2 aromatic carbocycles. The predicted molar refractivity (Wildman–Crippen MR) is 138 cm³/mol. The largest absolute Gasteiger partial charge is 0.492 e. The molecular formula is C29H31FN4O2. The maximum absolute atomic E-state index is 13.6. The van der Waals surface area contributed by atoms with Crippen LogP contribution in [0.5, 0.6) is 5.75 Å². The lowest BCUT2D eigenvalue weighted by molar-refractivity contribution is 0.0482. The van der Waals surface area contributed by atoms with Crippen molar-refractivity contribution in [1.29, 1.82) is 0 Å². The number of fused-ring (bicyclic) bond motifs is 1. The molecule has 0 radical (unpaired) electrons. The smallest absolute Gasteiger partial charge is 0.172 e. The summed E-state index contributed by atoms with van der Waals surface area (Å²) in [6.07, 6.45) is 10.4. The summed E-state index contributed by atoms with van der Waals surface area (Å²) in [4.78, 5) is 12.6. The maximum atomic E-state index is 13.6. The SMILES string of the molecule is CCOc1cc(/C=C2\CC3(CC3)CN3C2=NOCC3c2ccc(F)cc2)ccc1-n1cnc(CC)c1. The first-order chi connectivity index (χ1) is 17.6. The first-order valence-corrected chi connectivity index (χ1v) is 12.8. The van der Waals surface area contributed by atoms with E-state index in [1.54, 1.807) is 0 Å². The van der Waals surface area contributed by atoms with Gasteiger partial charge < -0.3 is 19.0 Å². The Hall–Kier alpha value is -3.61.